The summed E-state index contributed by atoms with van der Waals surface area (Å²) in [5.41, 5.74) is 2.41. The summed E-state index contributed by atoms with van der Waals surface area (Å²) in [5.74, 6) is 0.577. The number of nitrogens with one attached hydrogen (secondary N) is 1. The Bertz CT molecular complexity index is 841. The number of aromatic nitrogens is 1. The molecule has 126 valence electrons. The number of halogens is 1. The van der Waals surface area contributed by atoms with Crippen LogP contribution in [0.1, 0.15) is 11.1 Å². The number of benzene rings is 2. The average molecular weight is 328 g/mol. The van der Waals surface area contributed by atoms with E-state index in [0.717, 1.165) is 29.8 Å². The van der Waals surface area contributed by atoms with E-state index in [2.05, 4.69) is 5.32 Å². The maximum Gasteiger partial charge on any atom is 0.147 e. The molecule has 0 spiro atoms. The number of ether oxygens (including phenoxy) is 1. The Balaban J connectivity index is 2.04. The van der Waals surface area contributed by atoms with Crippen molar-refractivity contribution >= 4 is 10.9 Å². The first kappa shape index (κ1) is 16.3. The highest BCUT2D eigenvalue weighted by Crippen LogP contribution is 2.32. The lowest BCUT2D eigenvalue weighted by Gasteiger charge is -2.08. The molecule has 0 atom stereocenters. The van der Waals surface area contributed by atoms with Gasteiger partial charge in [0.25, 0.3) is 0 Å². The summed E-state index contributed by atoms with van der Waals surface area (Å²) in [7, 11) is 3.50. The number of rotatable bonds is 6. The van der Waals surface area contributed by atoms with Crippen LogP contribution in [0.15, 0.2) is 42.6 Å². The molecule has 1 heterocycles. The minimum Gasteiger partial charge on any atom is -0.507 e. The molecule has 2 aromatic carbocycles. The number of methoxy groups -OCH3 is 1. The van der Waals surface area contributed by atoms with Crippen molar-refractivity contribution in [3.05, 3.63) is 59.5 Å². The molecular weight excluding hydrogens is 307 g/mol. The first-order valence-corrected chi connectivity index (χ1v) is 7.90. The molecule has 0 amide bonds. The predicted octanol–water partition coefficient (Wildman–Crippen LogP) is 3.30. The van der Waals surface area contributed by atoms with Gasteiger partial charge in [0.1, 0.15) is 17.3 Å². The topological polar surface area (TPSA) is 46.4 Å². The van der Waals surface area contributed by atoms with Crippen LogP contribution in [0.5, 0.6) is 11.5 Å². The fourth-order valence-electron chi connectivity index (χ4n) is 2.97. The van der Waals surface area contributed by atoms with Gasteiger partial charge in [0.05, 0.1) is 12.6 Å². The number of hydrogen-bond donors (Lipinski definition) is 2. The van der Waals surface area contributed by atoms with Crippen LogP contribution in [-0.4, -0.2) is 30.4 Å². The third kappa shape index (κ3) is 3.08. The van der Waals surface area contributed by atoms with Crippen LogP contribution in [0.4, 0.5) is 4.39 Å². The third-order valence-corrected chi connectivity index (χ3v) is 4.18. The summed E-state index contributed by atoms with van der Waals surface area (Å²) in [6.07, 6.45) is 2.65. The summed E-state index contributed by atoms with van der Waals surface area (Å²) in [5, 5.41) is 13.9. The van der Waals surface area contributed by atoms with E-state index in [4.69, 9.17) is 4.74 Å². The van der Waals surface area contributed by atoms with Gasteiger partial charge >= 0.3 is 0 Å². The van der Waals surface area contributed by atoms with Crippen LogP contribution < -0.4 is 10.1 Å². The zero-order valence-electron chi connectivity index (χ0n) is 13.8. The fourth-order valence-corrected chi connectivity index (χ4v) is 2.97. The number of phenols is 1. The van der Waals surface area contributed by atoms with E-state index < -0.39 is 0 Å². The van der Waals surface area contributed by atoms with E-state index >= 15 is 0 Å². The molecule has 0 aliphatic carbocycles. The second-order valence-corrected chi connectivity index (χ2v) is 5.77. The molecule has 0 unspecified atom stereocenters. The molecule has 3 aromatic rings. The van der Waals surface area contributed by atoms with Crippen molar-refractivity contribution in [2.24, 2.45) is 0 Å². The van der Waals surface area contributed by atoms with Gasteiger partial charge in [-0.05, 0) is 55.4 Å². The Hall–Kier alpha value is -2.53. The molecule has 0 aliphatic heterocycles. The Labute approximate surface area is 140 Å². The second-order valence-electron chi connectivity index (χ2n) is 5.77. The second kappa shape index (κ2) is 6.93. The van der Waals surface area contributed by atoms with Gasteiger partial charge < -0.3 is 19.7 Å². The quantitative estimate of drug-likeness (QED) is 0.730. The van der Waals surface area contributed by atoms with Crippen LogP contribution in [-0.2, 0) is 13.0 Å². The first-order chi connectivity index (χ1) is 11.6. The minimum atomic E-state index is -0.327. The molecule has 24 heavy (non-hydrogen) atoms. The standard InChI is InChI=1S/C19H21FN2O2/c1-21-10-9-14-12-22(11-13-3-5-15(24-2)6-4-13)19-16(20)7-8-17(23)18(14)19/h3-8,12,21,23H,9-11H2,1-2H3. The smallest absolute Gasteiger partial charge is 0.147 e. The molecule has 0 saturated heterocycles. The number of aromatic hydroxyl groups is 1. The Morgan fingerprint density at radius 3 is 2.58 bits per heavy atom. The van der Waals surface area contributed by atoms with Gasteiger partial charge in [-0.3, -0.25) is 0 Å². The maximum atomic E-state index is 14.4. The molecule has 2 N–H and O–H groups in total. The van der Waals surface area contributed by atoms with Gasteiger partial charge in [-0.15, -0.1) is 0 Å². The molecule has 4 nitrogen and oxygen atoms in total. The summed E-state index contributed by atoms with van der Waals surface area (Å²) in [6.45, 7) is 1.29. The summed E-state index contributed by atoms with van der Waals surface area (Å²) in [6, 6.07) is 10.4. The summed E-state index contributed by atoms with van der Waals surface area (Å²) >= 11 is 0. The van der Waals surface area contributed by atoms with Gasteiger partial charge in [-0.25, -0.2) is 4.39 Å². The molecular formula is C19H21FN2O2. The number of fused-ring (bicyclic) bond motifs is 1. The molecule has 0 aliphatic rings. The normalized spacial score (nSPS) is 11.1. The predicted molar refractivity (Wildman–Crippen MR) is 93.3 cm³/mol. The third-order valence-electron chi connectivity index (χ3n) is 4.18. The Morgan fingerprint density at radius 1 is 1.17 bits per heavy atom. The van der Waals surface area contributed by atoms with Gasteiger partial charge in [0, 0.05) is 18.1 Å². The van der Waals surface area contributed by atoms with E-state index in [1.165, 1.54) is 12.1 Å². The largest absolute Gasteiger partial charge is 0.507 e. The van der Waals surface area contributed by atoms with Crippen molar-refractivity contribution in [2.75, 3.05) is 20.7 Å². The van der Waals surface area contributed by atoms with E-state index in [0.29, 0.717) is 17.4 Å². The molecule has 1 aromatic heterocycles. The van der Waals surface area contributed by atoms with Crippen LogP contribution in [0.3, 0.4) is 0 Å². The SMILES string of the molecule is CNCCc1cn(Cc2ccc(OC)cc2)c2c(F)ccc(O)c12. The van der Waals surface area contributed by atoms with Crippen molar-refractivity contribution in [3.8, 4) is 11.5 Å². The lowest BCUT2D eigenvalue weighted by atomic mass is 10.1. The lowest BCUT2D eigenvalue weighted by Crippen LogP contribution is -2.10. The van der Waals surface area contributed by atoms with E-state index in [-0.39, 0.29) is 11.6 Å². The Morgan fingerprint density at radius 2 is 1.92 bits per heavy atom. The molecule has 0 fully saturated rings. The fraction of sp³-hybridized carbons (Fsp3) is 0.263. The number of nitrogens with zero attached hydrogens (tertiary/aromatic N) is 1. The molecule has 3 rings (SSSR count). The highest BCUT2D eigenvalue weighted by atomic mass is 19.1. The van der Waals surface area contributed by atoms with Crippen molar-refractivity contribution in [1.29, 1.82) is 0 Å². The minimum absolute atomic E-state index is 0.117. The van der Waals surface area contributed by atoms with Gasteiger partial charge in [0.15, 0.2) is 0 Å². The zero-order valence-corrected chi connectivity index (χ0v) is 13.8. The zero-order chi connectivity index (χ0) is 17.1. The van der Waals surface area contributed by atoms with Crippen LogP contribution >= 0.6 is 0 Å². The van der Waals surface area contributed by atoms with Crippen molar-refractivity contribution in [2.45, 2.75) is 13.0 Å². The van der Waals surface area contributed by atoms with Gasteiger partial charge in [-0.2, -0.15) is 0 Å². The van der Waals surface area contributed by atoms with Crippen LogP contribution in [0, 0.1) is 5.82 Å². The lowest BCUT2D eigenvalue weighted by molar-refractivity contribution is 0.414. The van der Waals surface area contributed by atoms with Gasteiger partial charge in [-0.1, -0.05) is 12.1 Å². The first-order valence-electron chi connectivity index (χ1n) is 7.90. The highest BCUT2D eigenvalue weighted by molar-refractivity contribution is 5.90. The van der Waals surface area contributed by atoms with E-state index in [1.807, 2.05) is 42.1 Å². The van der Waals surface area contributed by atoms with Crippen molar-refractivity contribution in [1.82, 2.24) is 9.88 Å². The van der Waals surface area contributed by atoms with E-state index in [9.17, 15) is 9.50 Å². The number of hydrogen-bond acceptors (Lipinski definition) is 3. The Kier molecular flexibility index (Phi) is 4.71. The van der Waals surface area contributed by atoms with Crippen LogP contribution in [0.2, 0.25) is 0 Å². The maximum absolute atomic E-state index is 14.4. The average Bonchev–Trinajstić information content (AvgIpc) is 2.96. The molecule has 0 saturated carbocycles. The number of phenolic OH excluding ortho intramolecular Hbond substituents is 1. The number of likely N-dealkylation sites (N-methyl/N-ethyl adjacent to an activating group) is 1. The molecule has 0 radical (unpaired) electrons. The highest BCUT2D eigenvalue weighted by Gasteiger charge is 2.16. The monoisotopic (exact) mass is 328 g/mol. The van der Waals surface area contributed by atoms with Gasteiger partial charge in [0.2, 0.25) is 0 Å². The molecule has 0 bridgehead atoms. The van der Waals surface area contributed by atoms with Crippen LogP contribution in [0.25, 0.3) is 10.9 Å². The van der Waals surface area contributed by atoms with Crippen molar-refractivity contribution in [3.63, 3.8) is 0 Å². The van der Waals surface area contributed by atoms with Crippen molar-refractivity contribution < 1.29 is 14.2 Å². The molecule has 5 heteroatoms. The summed E-state index contributed by atoms with van der Waals surface area (Å²) < 4.78 is 21.4. The van der Waals surface area contributed by atoms with E-state index in [1.54, 1.807) is 7.11 Å². The summed E-state index contributed by atoms with van der Waals surface area (Å²) in [4.78, 5) is 0.